The van der Waals surface area contributed by atoms with Crippen LogP contribution in [0.25, 0.3) is 0 Å². The van der Waals surface area contributed by atoms with E-state index in [0.29, 0.717) is 6.10 Å². The number of rotatable bonds is 4. The molecule has 1 aromatic heterocycles. The van der Waals surface area contributed by atoms with Gasteiger partial charge in [-0.15, -0.1) is 0 Å². The molecule has 0 aromatic carbocycles. The summed E-state index contributed by atoms with van der Waals surface area (Å²) in [5, 5.41) is 7.99. The molecule has 0 amide bonds. The van der Waals surface area contributed by atoms with Gasteiger partial charge in [-0.05, 0) is 39.7 Å². The topological polar surface area (TPSA) is 39.1 Å². The van der Waals surface area contributed by atoms with E-state index >= 15 is 0 Å². The average molecular weight is 237 g/mol. The van der Waals surface area contributed by atoms with Gasteiger partial charge in [0.05, 0.1) is 18.3 Å². The molecule has 0 radical (unpaired) electrons. The van der Waals surface area contributed by atoms with E-state index in [-0.39, 0.29) is 5.54 Å². The van der Waals surface area contributed by atoms with Gasteiger partial charge >= 0.3 is 0 Å². The Bertz CT molecular complexity index is 348. The van der Waals surface area contributed by atoms with Crippen LogP contribution in [-0.2, 0) is 17.8 Å². The first-order valence-electron chi connectivity index (χ1n) is 6.42. The third kappa shape index (κ3) is 4.13. The molecule has 0 saturated carbocycles. The minimum Gasteiger partial charge on any atom is -0.376 e. The van der Waals surface area contributed by atoms with Crippen LogP contribution in [0.15, 0.2) is 12.3 Å². The van der Waals surface area contributed by atoms with Crippen molar-refractivity contribution >= 4 is 0 Å². The maximum Gasteiger partial charge on any atom is 0.0771 e. The highest BCUT2D eigenvalue weighted by atomic mass is 16.5. The fourth-order valence-corrected chi connectivity index (χ4v) is 1.95. The standard InChI is InChI=1S/C13H23N3O/c1-13(2,3)14-9-11-6-7-16(15-11)10-12-5-4-8-17-12/h6-7,12,14H,4-5,8-10H2,1-3H3. The summed E-state index contributed by atoms with van der Waals surface area (Å²) in [7, 11) is 0. The molecule has 1 aliphatic heterocycles. The lowest BCUT2D eigenvalue weighted by Gasteiger charge is -2.19. The summed E-state index contributed by atoms with van der Waals surface area (Å²) in [6.45, 7) is 9.10. The van der Waals surface area contributed by atoms with E-state index in [0.717, 1.165) is 31.8 Å². The van der Waals surface area contributed by atoms with Crippen molar-refractivity contribution in [3.05, 3.63) is 18.0 Å². The maximum absolute atomic E-state index is 5.60. The molecule has 1 fully saturated rings. The van der Waals surface area contributed by atoms with Crippen LogP contribution in [0.5, 0.6) is 0 Å². The fraction of sp³-hybridized carbons (Fsp3) is 0.769. The van der Waals surface area contributed by atoms with Gasteiger partial charge in [-0.25, -0.2) is 0 Å². The molecule has 96 valence electrons. The van der Waals surface area contributed by atoms with Gasteiger partial charge < -0.3 is 10.1 Å². The first-order chi connectivity index (χ1) is 8.03. The van der Waals surface area contributed by atoms with Crippen LogP contribution in [0.3, 0.4) is 0 Å². The molecule has 0 spiro atoms. The number of nitrogens with one attached hydrogen (secondary N) is 1. The van der Waals surface area contributed by atoms with E-state index in [9.17, 15) is 0 Å². The molecule has 2 heterocycles. The Kier molecular flexibility index (Phi) is 3.84. The molecule has 0 bridgehead atoms. The van der Waals surface area contributed by atoms with Crippen molar-refractivity contribution in [1.29, 1.82) is 0 Å². The lowest BCUT2D eigenvalue weighted by atomic mass is 10.1. The number of aromatic nitrogens is 2. The van der Waals surface area contributed by atoms with Crippen molar-refractivity contribution in [3.63, 3.8) is 0 Å². The van der Waals surface area contributed by atoms with Gasteiger partial charge in [0.2, 0.25) is 0 Å². The second-order valence-electron chi connectivity index (χ2n) is 5.77. The van der Waals surface area contributed by atoms with Crippen molar-refractivity contribution in [2.45, 2.75) is 58.3 Å². The highest BCUT2D eigenvalue weighted by Gasteiger charge is 2.16. The van der Waals surface area contributed by atoms with Crippen LogP contribution in [0, 0.1) is 0 Å². The summed E-state index contributed by atoms with van der Waals surface area (Å²) in [6, 6.07) is 2.08. The Morgan fingerprint density at radius 3 is 3.00 bits per heavy atom. The summed E-state index contributed by atoms with van der Waals surface area (Å²) in [4.78, 5) is 0. The minimum atomic E-state index is 0.137. The molecule has 1 aromatic rings. The summed E-state index contributed by atoms with van der Waals surface area (Å²) < 4.78 is 7.60. The van der Waals surface area contributed by atoms with Gasteiger partial charge in [-0.2, -0.15) is 5.10 Å². The van der Waals surface area contributed by atoms with E-state index in [1.54, 1.807) is 0 Å². The molecule has 1 unspecified atom stereocenters. The van der Waals surface area contributed by atoms with Crippen molar-refractivity contribution in [2.24, 2.45) is 0 Å². The minimum absolute atomic E-state index is 0.137. The first kappa shape index (κ1) is 12.6. The molecule has 17 heavy (non-hydrogen) atoms. The van der Waals surface area contributed by atoms with Gasteiger partial charge in [0.25, 0.3) is 0 Å². The average Bonchev–Trinajstić information content (AvgIpc) is 2.86. The first-order valence-corrected chi connectivity index (χ1v) is 6.42. The van der Waals surface area contributed by atoms with Gasteiger partial charge in [0.1, 0.15) is 0 Å². The second kappa shape index (κ2) is 5.19. The van der Waals surface area contributed by atoms with E-state index in [2.05, 4.69) is 37.3 Å². The third-order valence-corrected chi connectivity index (χ3v) is 2.91. The number of hydrogen-bond acceptors (Lipinski definition) is 3. The maximum atomic E-state index is 5.60. The van der Waals surface area contributed by atoms with Gasteiger partial charge in [-0.3, -0.25) is 4.68 Å². The zero-order valence-electron chi connectivity index (χ0n) is 11.1. The Hall–Kier alpha value is -0.870. The highest BCUT2D eigenvalue weighted by Crippen LogP contribution is 2.13. The van der Waals surface area contributed by atoms with Crippen LogP contribution in [0.1, 0.15) is 39.3 Å². The van der Waals surface area contributed by atoms with Gasteiger partial charge in [-0.1, -0.05) is 0 Å². The lowest BCUT2D eigenvalue weighted by molar-refractivity contribution is 0.0939. The van der Waals surface area contributed by atoms with Crippen molar-refractivity contribution in [1.82, 2.24) is 15.1 Å². The molecular weight excluding hydrogens is 214 g/mol. The van der Waals surface area contributed by atoms with Gasteiger partial charge in [0, 0.05) is 24.9 Å². The Balaban J connectivity index is 1.83. The zero-order valence-corrected chi connectivity index (χ0v) is 11.1. The molecule has 1 aliphatic rings. The van der Waals surface area contributed by atoms with Crippen molar-refractivity contribution < 1.29 is 4.74 Å². The predicted molar refractivity (Wildman–Crippen MR) is 67.8 cm³/mol. The van der Waals surface area contributed by atoms with Crippen LogP contribution in [0.2, 0.25) is 0 Å². The molecule has 1 saturated heterocycles. The monoisotopic (exact) mass is 237 g/mol. The molecule has 1 atom stereocenters. The van der Waals surface area contributed by atoms with Crippen molar-refractivity contribution in [2.75, 3.05) is 6.61 Å². The summed E-state index contributed by atoms with van der Waals surface area (Å²) >= 11 is 0. The molecule has 4 nitrogen and oxygen atoms in total. The van der Waals surface area contributed by atoms with E-state index in [1.165, 1.54) is 6.42 Å². The van der Waals surface area contributed by atoms with E-state index in [1.807, 2.05) is 10.9 Å². The van der Waals surface area contributed by atoms with Gasteiger partial charge in [0.15, 0.2) is 0 Å². The Labute approximate surface area is 103 Å². The van der Waals surface area contributed by atoms with Crippen LogP contribution >= 0.6 is 0 Å². The van der Waals surface area contributed by atoms with Crippen LogP contribution < -0.4 is 5.32 Å². The quantitative estimate of drug-likeness (QED) is 0.870. The van der Waals surface area contributed by atoms with Crippen LogP contribution in [-0.4, -0.2) is 28.0 Å². The molecule has 0 aliphatic carbocycles. The summed E-state index contributed by atoms with van der Waals surface area (Å²) in [5.41, 5.74) is 1.23. The predicted octanol–water partition coefficient (Wildman–Crippen LogP) is 1.95. The Morgan fingerprint density at radius 2 is 2.35 bits per heavy atom. The highest BCUT2D eigenvalue weighted by molar-refractivity contribution is 4.99. The van der Waals surface area contributed by atoms with E-state index < -0.39 is 0 Å². The fourth-order valence-electron chi connectivity index (χ4n) is 1.95. The molecule has 4 heteroatoms. The smallest absolute Gasteiger partial charge is 0.0771 e. The molecule has 2 rings (SSSR count). The lowest BCUT2D eigenvalue weighted by Crippen LogP contribution is -2.35. The van der Waals surface area contributed by atoms with Crippen molar-refractivity contribution in [3.8, 4) is 0 Å². The van der Waals surface area contributed by atoms with Crippen LogP contribution in [0.4, 0.5) is 0 Å². The number of ether oxygens (including phenoxy) is 1. The second-order valence-corrected chi connectivity index (χ2v) is 5.77. The molecular formula is C13H23N3O. The third-order valence-electron chi connectivity index (χ3n) is 2.91. The van der Waals surface area contributed by atoms with E-state index in [4.69, 9.17) is 4.74 Å². The normalized spacial score (nSPS) is 21.0. The molecule has 1 N–H and O–H groups in total. The zero-order chi connectivity index (χ0) is 12.3. The summed E-state index contributed by atoms with van der Waals surface area (Å²) in [6.07, 6.45) is 4.75. The number of hydrogen-bond donors (Lipinski definition) is 1. The SMILES string of the molecule is CC(C)(C)NCc1ccn(CC2CCCO2)n1. The Morgan fingerprint density at radius 1 is 1.53 bits per heavy atom. The number of nitrogens with zero attached hydrogens (tertiary/aromatic N) is 2. The summed E-state index contributed by atoms with van der Waals surface area (Å²) in [5.74, 6) is 0. The largest absolute Gasteiger partial charge is 0.376 e.